The molecule has 1 amide bonds. The number of fused-ring (bicyclic) bond motifs is 1. The number of aromatic nitrogens is 2. The van der Waals surface area contributed by atoms with Crippen LogP contribution >= 0.6 is 0 Å². The van der Waals surface area contributed by atoms with Gasteiger partial charge in [0.15, 0.2) is 23.0 Å². The average Bonchev–Trinajstić information content (AvgIpc) is 3.67. The third-order valence-corrected chi connectivity index (χ3v) is 6.57. The number of amides is 1. The second-order valence-electron chi connectivity index (χ2n) is 8.75. The van der Waals surface area contributed by atoms with Crippen LogP contribution in [-0.2, 0) is 11.3 Å². The summed E-state index contributed by atoms with van der Waals surface area (Å²) in [5.41, 5.74) is 0.965. The summed E-state index contributed by atoms with van der Waals surface area (Å²) in [4.78, 5) is 32.7. The van der Waals surface area contributed by atoms with Crippen molar-refractivity contribution in [3.8, 4) is 17.2 Å². The van der Waals surface area contributed by atoms with Crippen molar-refractivity contribution in [1.29, 1.82) is 0 Å². The number of aliphatic hydroxyl groups excluding tert-OH is 1. The van der Waals surface area contributed by atoms with E-state index >= 15 is 0 Å². The predicted molar refractivity (Wildman–Crippen MR) is 138 cm³/mol. The van der Waals surface area contributed by atoms with Crippen LogP contribution in [0.4, 0.5) is 0 Å². The number of hydrogen-bond acceptors (Lipinski definition) is 8. The van der Waals surface area contributed by atoms with Crippen LogP contribution in [0.2, 0.25) is 0 Å². The molecular formula is C28H27N3O7. The zero-order valence-corrected chi connectivity index (χ0v) is 21.2. The van der Waals surface area contributed by atoms with E-state index in [9.17, 15) is 14.7 Å². The molecule has 0 fully saturated rings. The van der Waals surface area contributed by atoms with Crippen LogP contribution in [0.25, 0.3) is 11.0 Å². The SMILES string of the molecule is COc1cc([C@@H]2C(C(=O)c3cc4ccccc4o3)=C(O)C(=O)N2CCCn2ccnc2)cc(OC)c1OC. The molecule has 1 atom stereocenters. The molecule has 1 N–H and O–H groups in total. The number of aliphatic hydroxyl groups is 1. The third-order valence-electron chi connectivity index (χ3n) is 6.57. The number of imidazole rings is 1. The van der Waals surface area contributed by atoms with E-state index in [1.54, 1.807) is 42.9 Å². The number of benzene rings is 2. The van der Waals surface area contributed by atoms with Gasteiger partial charge in [0.2, 0.25) is 11.5 Å². The Morgan fingerprint density at radius 2 is 1.79 bits per heavy atom. The number of hydrogen-bond donors (Lipinski definition) is 1. The Labute approximate surface area is 218 Å². The van der Waals surface area contributed by atoms with E-state index in [4.69, 9.17) is 18.6 Å². The highest BCUT2D eigenvalue weighted by atomic mass is 16.5. The molecule has 0 unspecified atom stereocenters. The standard InChI is InChI=1S/C28H27N3O7/c1-35-21-14-18(15-22(36-2)27(21)37-3)24-23(25(32)20-13-17-7-4-5-8-19(17)38-20)26(33)28(34)31(24)11-6-10-30-12-9-29-16-30/h4-5,7-9,12-16,24,33H,6,10-11H2,1-3H3/t24-/m1/s1. The number of para-hydroxylation sites is 1. The average molecular weight is 518 g/mol. The highest BCUT2D eigenvalue weighted by molar-refractivity contribution is 6.16. The van der Waals surface area contributed by atoms with E-state index < -0.39 is 23.5 Å². The molecule has 4 aromatic rings. The van der Waals surface area contributed by atoms with Crippen molar-refractivity contribution >= 4 is 22.7 Å². The lowest BCUT2D eigenvalue weighted by atomic mass is 9.94. The molecule has 196 valence electrons. The highest BCUT2D eigenvalue weighted by Crippen LogP contribution is 2.45. The van der Waals surface area contributed by atoms with Gasteiger partial charge in [0.25, 0.3) is 5.91 Å². The zero-order valence-electron chi connectivity index (χ0n) is 21.2. The number of carbonyl (C=O) groups is 2. The molecule has 0 spiro atoms. The minimum absolute atomic E-state index is 0.0262. The van der Waals surface area contributed by atoms with Crippen molar-refractivity contribution in [1.82, 2.24) is 14.5 Å². The summed E-state index contributed by atoms with van der Waals surface area (Å²) in [6.07, 6.45) is 5.75. The fourth-order valence-corrected chi connectivity index (χ4v) is 4.79. The fourth-order valence-electron chi connectivity index (χ4n) is 4.79. The first-order valence-electron chi connectivity index (χ1n) is 12.0. The lowest BCUT2D eigenvalue weighted by Gasteiger charge is -2.27. The van der Waals surface area contributed by atoms with Crippen LogP contribution in [0.3, 0.4) is 0 Å². The van der Waals surface area contributed by atoms with Gasteiger partial charge in [-0.2, -0.15) is 0 Å². The molecule has 2 aromatic heterocycles. The quantitative estimate of drug-likeness (QED) is 0.309. The Morgan fingerprint density at radius 3 is 2.42 bits per heavy atom. The summed E-state index contributed by atoms with van der Waals surface area (Å²) in [7, 11) is 4.46. The summed E-state index contributed by atoms with van der Waals surface area (Å²) in [6.45, 7) is 0.860. The largest absolute Gasteiger partial charge is 0.503 e. The van der Waals surface area contributed by atoms with Gasteiger partial charge in [-0.25, -0.2) is 4.98 Å². The molecular weight excluding hydrogens is 490 g/mol. The Balaban J connectivity index is 1.58. The van der Waals surface area contributed by atoms with E-state index in [1.165, 1.54) is 26.2 Å². The van der Waals surface area contributed by atoms with Crippen molar-refractivity contribution in [2.24, 2.45) is 0 Å². The molecule has 38 heavy (non-hydrogen) atoms. The van der Waals surface area contributed by atoms with Gasteiger partial charge in [0.1, 0.15) is 5.58 Å². The van der Waals surface area contributed by atoms with Gasteiger partial charge in [-0.1, -0.05) is 18.2 Å². The molecule has 5 rings (SSSR count). The summed E-state index contributed by atoms with van der Waals surface area (Å²) in [5.74, 6) is -0.732. The molecule has 0 saturated carbocycles. The van der Waals surface area contributed by atoms with E-state index in [1.807, 2.05) is 22.9 Å². The topological polar surface area (TPSA) is 116 Å². The lowest BCUT2D eigenvalue weighted by Crippen LogP contribution is -2.32. The maximum Gasteiger partial charge on any atom is 0.290 e. The molecule has 1 aliphatic heterocycles. The fraction of sp³-hybridized carbons (Fsp3) is 0.250. The minimum atomic E-state index is -0.917. The van der Waals surface area contributed by atoms with E-state index in [0.717, 1.165) is 5.39 Å². The zero-order chi connectivity index (χ0) is 26.8. The van der Waals surface area contributed by atoms with E-state index in [2.05, 4.69) is 4.98 Å². The molecule has 0 bridgehead atoms. The van der Waals surface area contributed by atoms with Crippen LogP contribution in [0, 0.1) is 0 Å². The summed E-state index contributed by atoms with van der Waals surface area (Å²) in [6, 6.07) is 11.2. The minimum Gasteiger partial charge on any atom is -0.503 e. The first kappa shape index (κ1) is 24.9. The van der Waals surface area contributed by atoms with Gasteiger partial charge >= 0.3 is 0 Å². The van der Waals surface area contributed by atoms with Crippen molar-refractivity contribution in [2.45, 2.75) is 19.0 Å². The Bertz CT molecular complexity index is 1460. The van der Waals surface area contributed by atoms with Crippen molar-refractivity contribution < 1.29 is 33.3 Å². The second-order valence-corrected chi connectivity index (χ2v) is 8.75. The maximum atomic E-state index is 13.8. The van der Waals surface area contributed by atoms with Gasteiger partial charge in [-0.3, -0.25) is 9.59 Å². The second kappa shape index (κ2) is 10.3. The number of rotatable bonds is 10. The molecule has 2 aromatic carbocycles. The lowest BCUT2D eigenvalue weighted by molar-refractivity contribution is -0.129. The molecule has 10 nitrogen and oxygen atoms in total. The maximum absolute atomic E-state index is 13.8. The van der Waals surface area contributed by atoms with Crippen molar-refractivity contribution in [2.75, 3.05) is 27.9 Å². The van der Waals surface area contributed by atoms with Crippen LogP contribution < -0.4 is 14.2 Å². The van der Waals surface area contributed by atoms with Crippen LogP contribution in [0.5, 0.6) is 17.2 Å². The molecule has 10 heteroatoms. The number of methoxy groups -OCH3 is 3. The van der Waals surface area contributed by atoms with Gasteiger partial charge in [-0.15, -0.1) is 0 Å². The van der Waals surface area contributed by atoms with Gasteiger partial charge in [0.05, 0.1) is 39.3 Å². The Morgan fingerprint density at radius 1 is 1.05 bits per heavy atom. The first-order chi connectivity index (χ1) is 18.5. The van der Waals surface area contributed by atoms with Crippen molar-refractivity contribution in [3.05, 3.63) is 83.8 Å². The summed E-state index contributed by atoms with van der Waals surface area (Å²) >= 11 is 0. The van der Waals surface area contributed by atoms with Crippen LogP contribution in [0.15, 0.2) is 76.9 Å². The Hall–Kier alpha value is -4.73. The number of carbonyl (C=O) groups excluding carboxylic acids is 2. The molecule has 0 saturated heterocycles. The number of aryl methyl sites for hydroxylation is 1. The van der Waals surface area contributed by atoms with Gasteiger partial charge < -0.3 is 33.2 Å². The molecule has 0 aliphatic carbocycles. The predicted octanol–water partition coefficient (Wildman–Crippen LogP) is 4.32. The number of ketones is 1. The smallest absolute Gasteiger partial charge is 0.290 e. The van der Waals surface area contributed by atoms with E-state index in [0.29, 0.717) is 41.4 Å². The van der Waals surface area contributed by atoms with E-state index in [-0.39, 0.29) is 17.9 Å². The Kier molecular flexibility index (Phi) is 6.78. The summed E-state index contributed by atoms with van der Waals surface area (Å²) in [5, 5.41) is 11.8. The first-order valence-corrected chi connectivity index (χ1v) is 12.0. The van der Waals surface area contributed by atoms with Crippen LogP contribution in [-0.4, -0.2) is 59.1 Å². The molecule has 1 aliphatic rings. The normalized spacial score (nSPS) is 15.4. The van der Waals surface area contributed by atoms with Gasteiger partial charge in [0, 0.05) is 30.9 Å². The number of Topliss-reactive ketones (excluding diaryl/α,β-unsaturated/α-hetero) is 1. The number of ether oxygens (including phenoxy) is 3. The van der Waals surface area contributed by atoms with Gasteiger partial charge in [-0.05, 0) is 36.2 Å². The van der Waals surface area contributed by atoms with Crippen molar-refractivity contribution in [3.63, 3.8) is 0 Å². The summed E-state index contributed by atoms with van der Waals surface area (Å²) < 4.78 is 24.2. The number of nitrogens with zero attached hydrogens (tertiary/aromatic N) is 3. The molecule has 3 heterocycles. The van der Waals surface area contributed by atoms with Crippen LogP contribution in [0.1, 0.15) is 28.6 Å². The third kappa shape index (κ3) is 4.34. The monoisotopic (exact) mass is 517 g/mol. The highest BCUT2D eigenvalue weighted by Gasteiger charge is 2.45. The number of furan rings is 1. The molecule has 0 radical (unpaired) electrons.